The second kappa shape index (κ2) is 7.19. The maximum atomic E-state index is 13.8. The van der Waals surface area contributed by atoms with Crippen molar-refractivity contribution in [1.29, 1.82) is 0 Å². The average Bonchev–Trinajstić information content (AvgIpc) is 2.68. The Labute approximate surface area is 121 Å². The highest BCUT2D eigenvalue weighted by Gasteiger charge is 2.37. The van der Waals surface area contributed by atoms with E-state index in [4.69, 9.17) is 10.5 Å². The van der Waals surface area contributed by atoms with Crippen molar-refractivity contribution in [3.05, 3.63) is 35.6 Å². The summed E-state index contributed by atoms with van der Waals surface area (Å²) in [5.41, 5.74) is 6.88. The molecule has 0 aromatic heterocycles. The monoisotopic (exact) mass is 279 g/mol. The molecule has 0 bridgehead atoms. The van der Waals surface area contributed by atoms with Gasteiger partial charge in [-0.05, 0) is 37.8 Å². The van der Waals surface area contributed by atoms with E-state index in [2.05, 4.69) is 0 Å². The summed E-state index contributed by atoms with van der Waals surface area (Å²) >= 11 is 0. The summed E-state index contributed by atoms with van der Waals surface area (Å²) in [7, 11) is 0. The van der Waals surface area contributed by atoms with Crippen LogP contribution in [0, 0.1) is 5.82 Å². The van der Waals surface area contributed by atoms with Gasteiger partial charge < -0.3 is 10.5 Å². The van der Waals surface area contributed by atoms with Crippen molar-refractivity contribution in [3.8, 4) is 0 Å². The lowest BCUT2D eigenvalue weighted by Crippen LogP contribution is -2.51. The molecule has 1 aliphatic carbocycles. The molecule has 112 valence electrons. The van der Waals surface area contributed by atoms with Gasteiger partial charge in [-0.1, -0.05) is 43.9 Å². The lowest BCUT2D eigenvalue weighted by Gasteiger charge is -2.38. The molecule has 2 N–H and O–H groups in total. The predicted octanol–water partition coefficient (Wildman–Crippen LogP) is 3.83. The van der Waals surface area contributed by atoms with Crippen molar-refractivity contribution in [2.75, 3.05) is 6.61 Å². The van der Waals surface area contributed by atoms with Gasteiger partial charge >= 0.3 is 0 Å². The average molecular weight is 279 g/mol. The molecule has 1 aromatic rings. The maximum absolute atomic E-state index is 13.8. The Balaban J connectivity index is 2.14. The van der Waals surface area contributed by atoms with Gasteiger partial charge in [0.2, 0.25) is 0 Å². The van der Waals surface area contributed by atoms with Gasteiger partial charge in [-0.25, -0.2) is 4.39 Å². The molecular weight excluding hydrogens is 253 g/mol. The van der Waals surface area contributed by atoms with Crippen LogP contribution in [0.15, 0.2) is 24.3 Å². The predicted molar refractivity (Wildman–Crippen MR) is 80.1 cm³/mol. The van der Waals surface area contributed by atoms with E-state index in [-0.39, 0.29) is 17.5 Å². The lowest BCUT2D eigenvalue weighted by atomic mass is 9.83. The molecule has 1 aliphatic rings. The van der Waals surface area contributed by atoms with Gasteiger partial charge in [0.25, 0.3) is 0 Å². The minimum atomic E-state index is -0.270. The second-order valence-corrected chi connectivity index (χ2v) is 5.81. The van der Waals surface area contributed by atoms with Gasteiger partial charge in [0.15, 0.2) is 0 Å². The fourth-order valence-electron chi connectivity index (χ4n) is 3.32. The van der Waals surface area contributed by atoms with E-state index in [0.29, 0.717) is 18.6 Å². The first-order valence-corrected chi connectivity index (χ1v) is 7.81. The van der Waals surface area contributed by atoms with Crippen molar-refractivity contribution >= 4 is 0 Å². The number of rotatable bonds is 5. The minimum absolute atomic E-state index is 0.141. The van der Waals surface area contributed by atoms with Crippen molar-refractivity contribution in [1.82, 2.24) is 0 Å². The highest BCUT2D eigenvalue weighted by atomic mass is 19.1. The van der Waals surface area contributed by atoms with Crippen molar-refractivity contribution < 1.29 is 9.13 Å². The number of hydrogen-bond donors (Lipinski definition) is 1. The van der Waals surface area contributed by atoms with Crippen molar-refractivity contribution in [2.24, 2.45) is 5.73 Å². The highest BCUT2D eigenvalue weighted by Crippen LogP contribution is 2.34. The maximum Gasteiger partial charge on any atom is 0.126 e. The first-order chi connectivity index (χ1) is 9.68. The molecular formula is C17H26FNO. The molecule has 1 aromatic carbocycles. The van der Waals surface area contributed by atoms with E-state index >= 15 is 0 Å². The first kappa shape index (κ1) is 15.5. The van der Waals surface area contributed by atoms with Gasteiger partial charge in [0.05, 0.1) is 5.60 Å². The molecule has 1 fully saturated rings. The topological polar surface area (TPSA) is 35.2 Å². The standard InChI is InChI=1S/C17H26FNO/c1-2-20-17(11-7-3-4-8-12-17)16(19)13-14-9-5-6-10-15(14)18/h5-6,9-10,16H,2-4,7-8,11-13,19H2,1H3. The van der Waals surface area contributed by atoms with E-state index < -0.39 is 0 Å². The highest BCUT2D eigenvalue weighted by molar-refractivity contribution is 5.19. The van der Waals surface area contributed by atoms with Crippen LogP contribution in [0.3, 0.4) is 0 Å². The number of benzene rings is 1. The van der Waals surface area contributed by atoms with Gasteiger partial charge in [-0.15, -0.1) is 0 Å². The number of nitrogens with two attached hydrogens (primary N) is 1. The van der Waals surface area contributed by atoms with Crippen LogP contribution >= 0.6 is 0 Å². The molecule has 0 radical (unpaired) electrons. The van der Waals surface area contributed by atoms with Crippen LogP contribution in [0.4, 0.5) is 4.39 Å². The van der Waals surface area contributed by atoms with Crippen LogP contribution in [-0.2, 0) is 11.2 Å². The SMILES string of the molecule is CCOC1(C(N)Cc2ccccc2F)CCCCCC1. The summed E-state index contributed by atoms with van der Waals surface area (Å²) in [6, 6.07) is 6.77. The Hall–Kier alpha value is -0.930. The zero-order valence-electron chi connectivity index (χ0n) is 12.4. The molecule has 0 saturated heterocycles. The van der Waals surface area contributed by atoms with Crippen LogP contribution in [0.1, 0.15) is 51.0 Å². The fraction of sp³-hybridized carbons (Fsp3) is 0.647. The molecule has 2 nitrogen and oxygen atoms in total. The Morgan fingerprint density at radius 2 is 1.85 bits per heavy atom. The van der Waals surface area contributed by atoms with E-state index in [9.17, 15) is 4.39 Å². The van der Waals surface area contributed by atoms with E-state index in [1.807, 2.05) is 19.1 Å². The summed E-state index contributed by atoms with van der Waals surface area (Å²) in [5, 5.41) is 0. The normalized spacial score (nSPS) is 20.4. The van der Waals surface area contributed by atoms with Crippen molar-refractivity contribution in [2.45, 2.75) is 63.5 Å². The zero-order chi connectivity index (χ0) is 14.4. The van der Waals surface area contributed by atoms with E-state index in [1.165, 1.54) is 18.9 Å². The molecule has 1 unspecified atom stereocenters. The fourth-order valence-corrected chi connectivity index (χ4v) is 3.32. The van der Waals surface area contributed by atoms with Gasteiger partial charge in [0, 0.05) is 12.6 Å². The Bertz CT molecular complexity index is 413. The number of hydrogen-bond acceptors (Lipinski definition) is 2. The van der Waals surface area contributed by atoms with Crippen LogP contribution in [-0.4, -0.2) is 18.2 Å². The largest absolute Gasteiger partial charge is 0.374 e. The van der Waals surface area contributed by atoms with Crippen LogP contribution in [0.5, 0.6) is 0 Å². The first-order valence-electron chi connectivity index (χ1n) is 7.81. The molecule has 0 heterocycles. The van der Waals surface area contributed by atoms with Crippen LogP contribution < -0.4 is 5.73 Å². The Morgan fingerprint density at radius 1 is 1.20 bits per heavy atom. The van der Waals surface area contributed by atoms with E-state index in [0.717, 1.165) is 25.7 Å². The van der Waals surface area contributed by atoms with Gasteiger partial charge in [-0.2, -0.15) is 0 Å². The Morgan fingerprint density at radius 3 is 2.45 bits per heavy atom. The molecule has 3 heteroatoms. The van der Waals surface area contributed by atoms with Crippen molar-refractivity contribution in [3.63, 3.8) is 0 Å². The summed E-state index contributed by atoms with van der Waals surface area (Å²) in [6.45, 7) is 2.69. The Kier molecular flexibility index (Phi) is 5.55. The third kappa shape index (κ3) is 3.58. The molecule has 0 amide bonds. The summed E-state index contributed by atoms with van der Waals surface area (Å²) < 4.78 is 19.9. The van der Waals surface area contributed by atoms with Gasteiger partial charge in [0.1, 0.15) is 5.82 Å². The third-order valence-corrected chi connectivity index (χ3v) is 4.46. The van der Waals surface area contributed by atoms with Crippen LogP contribution in [0.2, 0.25) is 0 Å². The third-order valence-electron chi connectivity index (χ3n) is 4.46. The van der Waals surface area contributed by atoms with E-state index in [1.54, 1.807) is 6.07 Å². The van der Waals surface area contributed by atoms with Gasteiger partial charge in [-0.3, -0.25) is 0 Å². The smallest absolute Gasteiger partial charge is 0.126 e. The molecule has 0 aliphatic heterocycles. The minimum Gasteiger partial charge on any atom is -0.374 e. The summed E-state index contributed by atoms with van der Waals surface area (Å²) in [5.74, 6) is -0.164. The quantitative estimate of drug-likeness (QED) is 0.831. The second-order valence-electron chi connectivity index (χ2n) is 5.81. The summed E-state index contributed by atoms with van der Waals surface area (Å²) in [4.78, 5) is 0. The number of ether oxygens (including phenoxy) is 1. The molecule has 1 atom stereocenters. The number of halogens is 1. The molecule has 1 saturated carbocycles. The molecule has 0 spiro atoms. The summed E-state index contributed by atoms with van der Waals surface area (Å²) in [6.07, 6.45) is 7.36. The molecule has 2 rings (SSSR count). The lowest BCUT2D eigenvalue weighted by molar-refractivity contribution is -0.0684. The van der Waals surface area contributed by atoms with Crippen LogP contribution in [0.25, 0.3) is 0 Å². The molecule has 20 heavy (non-hydrogen) atoms. The zero-order valence-corrected chi connectivity index (χ0v) is 12.4.